The molecule has 0 saturated heterocycles. The standard InChI is InChI=1S/C17H23NO3/c1-3-18(12-10-15(19)20)16(21)17(2)11-6-8-13-7-4-5-9-14(13)17/h4-5,7,9H,3,6,8,10-12H2,1-2H3,(H,19,20). The number of likely N-dealkylation sites (N-methyl/N-ethyl adjacent to an activating group) is 1. The average molecular weight is 289 g/mol. The molecule has 4 nitrogen and oxygen atoms in total. The van der Waals surface area contributed by atoms with Crippen molar-refractivity contribution in [1.82, 2.24) is 4.90 Å². The number of carbonyl (C=O) groups is 2. The SMILES string of the molecule is CCN(CCC(=O)O)C(=O)C1(C)CCCc2ccccc21. The second-order valence-corrected chi connectivity index (χ2v) is 5.87. The minimum atomic E-state index is -0.865. The minimum Gasteiger partial charge on any atom is -0.481 e. The number of rotatable bonds is 5. The van der Waals surface area contributed by atoms with Crippen LogP contribution in [0.4, 0.5) is 0 Å². The third-order valence-corrected chi connectivity index (χ3v) is 4.47. The van der Waals surface area contributed by atoms with E-state index in [0.717, 1.165) is 24.8 Å². The topological polar surface area (TPSA) is 57.6 Å². The van der Waals surface area contributed by atoms with Gasteiger partial charge in [-0.05, 0) is 44.2 Å². The number of fused-ring (bicyclic) bond motifs is 1. The lowest BCUT2D eigenvalue weighted by molar-refractivity contribution is -0.140. The summed E-state index contributed by atoms with van der Waals surface area (Å²) in [6.45, 7) is 4.72. The second kappa shape index (κ2) is 6.29. The number of benzene rings is 1. The van der Waals surface area contributed by atoms with E-state index in [1.807, 2.05) is 32.0 Å². The normalized spacial score (nSPS) is 20.7. The van der Waals surface area contributed by atoms with Crippen LogP contribution < -0.4 is 0 Å². The molecule has 0 fully saturated rings. The fourth-order valence-electron chi connectivity index (χ4n) is 3.25. The van der Waals surface area contributed by atoms with Crippen molar-refractivity contribution in [3.8, 4) is 0 Å². The summed E-state index contributed by atoms with van der Waals surface area (Å²) in [5, 5.41) is 8.83. The van der Waals surface area contributed by atoms with Crippen LogP contribution in [0.2, 0.25) is 0 Å². The maximum atomic E-state index is 13.0. The smallest absolute Gasteiger partial charge is 0.305 e. The maximum Gasteiger partial charge on any atom is 0.305 e. The lowest BCUT2D eigenvalue weighted by Gasteiger charge is -2.38. The van der Waals surface area contributed by atoms with E-state index in [1.54, 1.807) is 4.90 Å². The van der Waals surface area contributed by atoms with Gasteiger partial charge in [0.15, 0.2) is 0 Å². The van der Waals surface area contributed by atoms with E-state index in [0.29, 0.717) is 6.54 Å². The highest BCUT2D eigenvalue weighted by molar-refractivity contribution is 5.89. The van der Waals surface area contributed by atoms with Crippen LogP contribution in [0.3, 0.4) is 0 Å². The summed E-state index contributed by atoms with van der Waals surface area (Å²) in [4.78, 5) is 25.4. The molecule has 0 heterocycles. The maximum absolute atomic E-state index is 13.0. The van der Waals surface area contributed by atoms with E-state index in [4.69, 9.17) is 5.11 Å². The lowest BCUT2D eigenvalue weighted by atomic mass is 9.70. The molecule has 0 bridgehead atoms. The van der Waals surface area contributed by atoms with Gasteiger partial charge in [0.1, 0.15) is 0 Å². The molecule has 0 aromatic heterocycles. The van der Waals surface area contributed by atoms with Crippen LogP contribution in [-0.4, -0.2) is 35.0 Å². The molecule has 0 spiro atoms. The summed E-state index contributed by atoms with van der Waals surface area (Å²) in [6.07, 6.45) is 2.83. The molecular formula is C17H23NO3. The second-order valence-electron chi connectivity index (χ2n) is 5.87. The van der Waals surface area contributed by atoms with Gasteiger partial charge < -0.3 is 10.0 Å². The van der Waals surface area contributed by atoms with Crippen LogP contribution >= 0.6 is 0 Å². The Morgan fingerprint density at radius 2 is 2.05 bits per heavy atom. The highest BCUT2D eigenvalue weighted by atomic mass is 16.4. The van der Waals surface area contributed by atoms with Crippen LogP contribution in [0.5, 0.6) is 0 Å². The monoisotopic (exact) mass is 289 g/mol. The van der Waals surface area contributed by atoms with Crippen molar-refractivity contribution in [2.45, 2.75) is 44.9 Å². The van der Waals surface area contributed by atoms with Crippen LogP contribution in [0.1, 0.15) is 44.2 Å². The number of amides is 1. The number of nitrogens with zero attached hydrogens (tertiary/aromatic N) is 1. The Balaban J connectivity index is 2.27. The fourth-order valence-corrected chi connectivity index (χ4v) is 3.25. The number of carboxylic acids is 1. The molecule has 1 unspecified atom stereocenters. The quantitative estimate of drug-likeness (QED) is 0.906. The Morgan fingerprint density at radius 3 is 2.71 bits per heavy atom. The van der Waals surface area contributed by atoms with Crippen molar-refractivity contribution in [3.63, 3.8) is 0 Å². The van der Waals surface area contributed by atoms with Gasteiger partial charge in [0.25, 0.3) is 0 Å². The Labute approximate surface area is 125 Å². The summed E-state index contributed by atoms with van der Waals surface area (Å²) in [7, 11) is 0. The molecule has 1 aromatic carbocycles. The number of carboxylic acid groups (broad SMARTS) is 1. The number of aliphatic carboxylic acids is 1. The summed E-state index contributed by atoms with van der Waals surface area (Å²) in [5.41, 5.74) is 1.83. The average Bonchev–Trinajstić information content (AvgIpc) is 2.48. The van der Waals surface area contributed by atoms with Gasteiger partial charge in [0, 0.05) is 13.1 Å². The van der Waals surface area contributed by atoms with Crippen molar-refractivity contribution in [2.24, 2.45) is 0 Å². The van der Waals surface area contributed by atoms with E-state index >= 15 is 0 Å². The van der Waals surface area contributed by atoms with Gasteiger partial charge in [-0.1, -0.05) is 24.3 Å². The minimum absolute atomic E-state index is 0.00267. The van der Waals surface area contributed by atoms with Gasteiger partial charge in [-0.3, -0.25) is 9.59 Å². The van der Waals surface area contributed by atoms with Crippen molar-refractivity contribution in [2.75, 3.05) is 13.1 Å². The zero-order valence-electron chi connectivity index (χ0n) is 12.8. The molecule has 1 aliphatic carbocycles. The molecule has 1 amide bonds. The molecule has 2 rings (SSSR count). The third kappa shape index (κ3) is 3.09. The molecule has 1 aromatic rings. The van der Waals surface area contributed by atoms with E-state index in [2.05, 4.69) is 6.07 Å². The highest BCUT2D eigenvalue weighted by Crippen LogP contribution is 2.38. The first-order valence-corrected chi connectivity index (χ1v) is 7.58. The largest absolute Gasteiger partial charge is 0.481 e. The van der Waals surface area contributed by atoms with Gasteiger partial charge in [-0.25, -0.2) is 0 Å². The first kappa shape index (κ1) is 15.5. The lowest BCUT2D eigenvalue weighted by Crippen LogP contribution is -2.47. The molecule has 1 aliphatic rings. The zero-order chi connectivity index (χ0) is 15.5. The molecule has 21 heavy (non-hydrogen) atoms. The summed E-state index contributed by atoms with van der Waals surface area (Å²) in [6, 6.07) is 8.12. The van der Waals surface area contributed by atoms with Crippen molar-refractivity contribution < 1.29 is 14.7 Å². The van der Waals surface area contributed by atoms with Crippen LogP contribution in [0, 0.1) is 0 Å². The number of hydrogen-bond acceptors (Lipinski definition) is 2. The molecule has 0 saturated carbocycles. The fraction of sp³-hybridized carbons (Fsp3) is 0.529. The van der Waals surface area contributed by atoms with Crippen molar-refractivity contribution in [1.29, 1.82) is 0 Å². The Hall–Kier alpha value is -1.84. The summed E-state index contributed by atoms with van der Waals surface area (Å²) in [5.74, 6) is -0.811. The van der Waals surface area contributed by atoms with E-state index in [1.165, 1.54) is 5.56 Å². The summed E-state index contributed by atoms with van der Waals surface area (Å²) >= 11 is 0. The predicted octanol–water partition coefficient (Wildman–Crippen LogP) is 2.60. The van der Waals surface area contributed by atoms with Gasteiger partial charge >= 0.3 is 5.97 Å². The van der Waals surface area contributed by atoms with E-state index in [-0.39, 0.29) is 18.9 Å². The molecule has 114 valence electrons. The predicted molar refractivity (Wildman–Crippen MR) is 81.2 cm³/mol. The molecule has 0 radical (unpaired) electrons. The Bertz CT molecular complexity index is 541. The van der Waals surface area contributed by atoms with E-state index in [9.17, 15) is 9.59 Å². The van der Waals surface area contributed by atoms with E-state index < -0.39 is 11.4 Å². The molecular weight excluding hydrogens is 266 g/mol. The number of hydrogen-bond donors (Lipinski definition) is 1. The number of carbonyl (C=O) groups excluding carboxylic acids is 1. The first-order chi connectivity index (χ1) is 9.99. The molecule has 0 aliphatic heterocycles. The molecule has 1 atom stereocenters. The third-order valence-electron chi connectivity index (χ3n) is 4.47. The first-order valence-electron chi connectivity index (χ1n) is 7.58. The van der Waals surface area contributed by atoms with Gasteiger partial charge in [0.2, 0.25) is 5.91 Å². The number of aryl methyl sites for hydroxylation is 1. The van der Waals surface area contributed by atoms with Crippen LogP contribution in [-0.2, 0) is 21.4 Å². The van der Waals surface area contributed by atoms with Crippen LogP contribution in [0.25, 0.3) is 0 Å². The molecule has 1 N–H and O–H groups in total. The Morgan fingerprint density at radius 1 is 1.33 bits per heavy atom. The van der Waals surface area contributed by atoms with Gasteiger partial charge in [0.05, 0.1) is 11.8 Å². The highest BCUT2D eigenvalue weighted by Gasteiger charge is 2.40. The van der Waals surface area contributed by atoms with Crippen molar-refractivity contribution >= 4 is 11.9 Å². The van der Waals surface area contributed by atoms with Crippen molar-refractivity contribution in [3.05, 3.63) is 35.4 Å². The molecule has 4 heteroatoms. The zero-order valence-corrected chi connectivity index (χ0v) is 12.8. The van der Waals surface area contributed by atoms with Crippen LogP contribution in [0.15, 0.2) is 24.3 Å². The van der Waals surface area contributed by atoms with Gasteiger partial charge in [-0.15, -0.1) is 0 Å². The summed E-state index contributed by atoms with van der Waals surface area (Å²) < 4.78 is 0. The Kier molecular flexibility index (Phi) is 4.66. The van der Waals surface area contributed by atoms with Gasteiger partial charge in [-0.2, -0.15) is 0 Å².